The van der Waals surface area contributed by atoms with Gasteiger partial charge in [0, 0.05) is 18.1 Å². The lowest BCUT2D eigenvalue weighted by molar-refractivity contribution is 0.276. The van der Waals surface area contributed by atoms with Gasteiger partial charge in [0.15, 0.2) is 0 Å². The Balaban J connectivity index is 1.67. The summed E-state index contributed by atoms with van der Waals surface area (Å²) < 4.78 is 13.1. The van der Waals surface area contributed by atoms with Crippen molar-refractivity contribution in [1.29, 1.82) is 0 Å². The van der Waals surface area contributed by atoms with Crippen molar-refractivity contribution in [2.75, 3.05) is 24.7 Å². The van der Waals surface area contributed by atoms with E-state index < -0.39 is 0 Å². The Hall–Kier alpha value is -1.32. The number of aromatic nitrogens is 4. The van der Waals surface area contributed by atoms with Crippen molar-refractivity contribution in [3.05, 3.63) is 17.7 Å². The molecule has 3 N–H and O–H groups in total. The number of nitrogens with zero attached hydrogens (tertiary/aromatic N) is 3. The van der Waals surface area contributed by atoms with E-state index in [2.05, 4.69) is 24.0 Å². The second-order valence-corrected chi connectivity index (χ2v) is 5.22. The Labute approximate surface area is 119 Å². The molecule has 0 aliphatic rings. The van der Waals surface area contributed by atoms with Gasteiger partial charge < -0.3 is 20.1 Å². The molecule has 0 saturated carbocycles. The highest BCUT2D eigenvalue weighted by Crippen LogP contribution is 2.20. The van der Waals surface area contributed by atoms with Crippen LogP contribution in [0.1, 0.15) is 11.4 Å². The number of anilines is 1. The summed E-state index contributed by atoms with van der Waals surface area (Å²) >= 11 is 2.86. The first kappa shape index (κ1) is 14.1. The summed E-state index contributed by atoms with van der Waals surface area (Å²) in [4.78, 5) is 7.07. The minimum absolute atomic E-state index is 0.00413. The molecule has 0 spiro atoms. The monoisotopic (exact) mass is 301 g/mol. The highest BCUT2D eigenvalue weighted by atomic mass is 32.2. The van der Waals surface area contributed by atoms with E-state index in [9.17, 15) is 0 Å². The molecule has 0 fully saturated rings. The van der Waals surface area contributed by atoms with E-state index in [1.165, 1.54) is 0 Å². The summed E-state index contributed by atoms with van der Waals surface area (Å²) in [6, 6.07) is 0. The average Bonchev–Trinajstić information content (AvgIpc) is 3.06. The van der Waals surface area contributed by atoms with Crippen LogP contribution >= 0.6 is 23.5 Å². The number of imidazole rings is 1. The lowest BCUT2D eigenvalue weighted by atomic mass is 10.4. The number of thioether (sulfide) groups is 1. The number of ether oxygens (including phenoxy) is 1. The van der Waals surface area contributed by atoms with Crippen LogP contribution in [0.2, 0.25) is 0 Å². The Kier molecular flexibility index (Phi) is 5.43. The van der Waals surface area contributed by atoms with Crippen molar-refractivity contribution < 1.29 is 9.84 Å². The van der Waals surface area contributed by atoms with Crippen LogP contribution in [-0.4, -0.2) is 43.2 Å². The topological polar surface area (TPSA) is 96.0 Å². The molecule has 2 rings (SSSR count). The second-order valence-electron chi connectivity index (χ2n) is 3.59. The lowest BCUT2D eigenvalue weighted by Crippen LogP contribution is -2.06. The highest BCUT2D eigenvalue weighted by molar-refractivity contribution is 7.98. The summed E-state index contributed by atoms with van der Waals surface area (Å²) in [5, 5.41) is 12.2. The molecule has 2 heterocycles. The number of aromatic amines is 1. The third-order valence-corrected chi connectivity index (χ3v) is 3.88. The van der Waals surface area contributed by atoms with E-state index in [0.29, 0.717) is 11.7 Å². The van der Waals surface area contributed by atoms with Crippen molar-refractivity contribution >= 4 is 29.3 Å². The Morgan fingerprint density at radius 3 is 3.21 bits per heavy atom. The summed E-state index contributed by atoms with van der Waals surface area (Å²) in [5.74, 6) is 2.89. The van der Waals surface area contributed by atoms with Crippen molar-refractivity contribution in [3.63, 3.8) is 0 Å². The van der Waals surface area contributed by atoms with E-state index in [0.717, 1.165) is 41.2 Å². The molecule has 0 bridgehead atoms. The van der Waals surface area contributed by atoms with Gasteiger partial charge in [0.2, 0.25) is 5.82 Å². The smallest absolute Gasteiger partial charge is 0.270 e. The molecule has 0 aromatic carbocycles. The molecule has 2 aromatic heterocycles. The van der Waals surface area contributed by atoms with Crippen LogP contribution in [-0.2, 0) is 12.4 Å². The fourth-order valence-electron chi connectivity index (χ4n) is 1.44. The third kappa shape index (κ3) is 3.82. The van der Waals surface area contributed by atoms with Gasteiger partial charge >= 0.3 is 0 Å². The van der Waals surface area contributed by atoms with Crippen LogP contribution in [0.5, 0.6) is 5.88 Å². The Morgan fingerprint density at radius 2 is 2.42 bits per heavy atom. The molecule has 0 amide bonds. The zero-order valence-corrected chi connectivity index (χ0v) is 12.1. The number of aliphatic hydroxyl groups is 1. The first-order valence-corrected chi connectivity index (χ1v) is 7.53. The molecule has 0 atom stereocenters. The fourth-order valence-corrected chi connectivity index (χ4v) is 2.78. The molecule has 0 unspecified atom stereocenters. The van der Waals surface area contributed by atoms with Gasteiger partial charge in [-0.1, -0.05) is 0 Å². The largest absolute Gasteiger partial charge is 0.478 e. The van der Waals surface area contributed by atoms with Crippen LogP contribution in [0.25, 0.3) is 0 Å². The maximum Gasteiger partial charge on any atom is 0.270 e. The summed E-state index contributed by atoms with van der Waals surface area (Å²) in [5.41, 5.74) is 1.69. The Morgan fingerprint density at radius 1 is 1.53 bits per heavy atom. The first-order chi connectivity index (χ1) is 9.35. The van der Waals surface area contributed by atoms with Crippen LogP contribution in [0, 0.1) is 0 Å². The van der Waals surface area contributed by atoms with Crippen LogP contribution in [0.3, 0.4) is 0 Å². The fraction of sp³-hybridized carbons (Fsp3) is 0.500. The van der Waals surface area contributed by atoms with Crippen LogP contribution in [0.15, 0.2) is 6.33 Å². The van der Waals surface area contributed by atoms with E-state index in [4.69, 9.17) is 9.84 Å². The summed E-state index contributed by atoms with van der Waals surface area (Å²) in [6.07, 6.45) is 1.60. The molecule has 2 aromatic rings. The number of hydrogen-bond donors (Lipinski definition) is 3. The minimum atomic E-state index is -0.00413. The van der Waals surface area contributed by atoms with Gasteiger partial charge in [0.1, 0.15) is 0 Å². The van der Waals surface area contributed by atoms with Gasteiger partial charge in [-0.3, -0.25) is 0 Å². The molecule has 0 aliphatic carbocycles. The van der Waals surface area contributed by atoms with Gasteiger partial charge in [-0.15, -0.1) is 4.37 Å². The van der Waals surface area contributed by atoms with Gasteiger partial charge in [-0.25, -0.2) is 4.98 Å². The molecular weight excluding hydrogens is 286 g/mol. The van der Waals surface area contributed by atoms with Crippen molar-refractivity contribution in [2.45, 2.75) is 12.4 Å². The molecule has 0 radical (unpaired) electrons. The predicted octanol–water partition coefficient (Wildman–Crippen LogP) is 1.11. The average molecular weight is 301 g/mol. The normalized spacial score (nSPS) is 10.6. The van der Waals surface area contributed by atoms with E-state index >= 15 is 0 Å². The number of H-pyrrole nitrogens is 1. The molecule has 19 heavy (non-hydrogen) atoms. The molecule has 0 aliphatic heterocycles. The summed E-state index contributed by atoms with van der Waals surface area (Å²) in [7, 11) is 1.57. The van der Waals surface area contributed by atoms with Crippen molar-refractivity contribution in [2.24, 2.45) is 0 Å². The molecule has 104 valence electrons. The predicted molar refractivity (Wildman–Crippen MR) is 75.6 cm³/mol. The number of nitrogens with one attached hydrogen (secondary N) is 2. The minimum Gasteiger partial charge on any atom is -0.478 e. The van der Waals surface area contributed by atoms with E-state index in [1.807, 2.05) is 0 Å². The van der Waals surface area contributed by atoms with E-state index in [1.54, 1.807) is 25.2 Å². The summed E-state index contributed by atoms with van der Waals surface area (Å²) in [6.45, 7) is 0.765. The number of rotatable bonds is 8. The number of methoxy groups -OCH3 is 1. The molecular formula is C10H15N5O2S2. The quantitative estimate of drug-likeness (QED) is 0.628. The standard InChI is InChI=1S/C10H15N5O2S2/c1-17-10-9(14-19-15-10)11-2-3-18-5-8-7(4-16)12-6-13-8/h6,16H,2-5H2,1H3,(H,11,14)(H,12,13). The maximum absolute atomic E-state index is 9.07. The van der Waals surface area contributed by atoms with Gasteiger partial charge in [0.25, 0.3) is 5.88 Å². The first-order valence-electron chi connectivity index (χ1n) is 5.65. The molecule has 7 nitrogen and oxygen atoms in total. The molecule has 9 heteroatoms. The van der Waals surface area contributed by atoms with Crippen molar-refractivity contribution in [1.82, 2.24) is 18.7 Å². The number of hydrogen-bond acceptors (Lipinski definition) is 8. The maximum atomic E-state index is 9.07. The van der Waals surface area contributed by atoms with Gasteiger partial charge in [0.05, 0.1) is 43.2 Å². The third-order valence-electron chi connectivity index (χ3n) is 2.40. The van der Waals surface area contributed by atoms with Gasteiger partial charge in [-0.05, 0) is 0 Å². The van der Waals surface area contributed by atoms with Gasteiger partial charge in [-0.2, -0.15) is 16.1 Å². The number of aliphatic hydroxyl groups excluding tert-OH is 1. The highest BCUT2D eigenvalue weighted by Gasteiger charge is 2.07. The Bertz CT molecular complexity index is 457. The van der Waals surface area contributed by atoms with Crippen LogP contribution in [0.4, 0.5) is 5.82 Å². The SMILES string of the molecule is COc1nsnc1NCCSCc1nc[nH]c1CO. The zero-order chi connectivity index (χ0) is 13.5. The zero-order valence-electron chi connectivity index (χ0n) is 10.4. The van der Waals surface area contributed by atoms with E-state index in [-0.39, 0.29) is 6.61 Å². The van der Waals surface area contributed by atoms with Crippen LogP contribution < -0.4 is 10.1 Å². The molecule has 0 saturated heterocycles. The van der Waals surface area contributed by atoms with Crippen molar-refractivity contribution in [3.8, 4) is 5.88 Å². The second kappa shape index (κ2) is 7.31. The lowest BCUT2D eigenvalue weighted by Gasteiger charge is -2.04.